The number of β-amino-alcohol motifs (C(OH)–C–C–N with tert-alkyl or cyclic N) is 1. The van der Waals surface area contributed by atoms with Gasteiger partial charge in [0.1, 0.15) is 22.4 Å². The van der Waals surface area contributed by atoms with Crippen molar-refractivity contribution in [3.8, 4) is 0 Å². The summed E-state index contributed by atoms with van der Waals surface area (Å²) in [7, 11) is -2.03. The molecule has 0 radical (unpaired) electrons. The van der Waals surface area contributed by atoms with Crippen LogP contribution in [0, 0.1) is 5.82 Å². The van der Waals surface area contributed by atoms with Gasteiger partial charge >= 0.3 is 6.18 Å². The number of rotatable bonds is 3. The lowest BCUT2D eigenvalue weighted by Crippen LogP contribution is -2.37. The van der Waals surface area contributed by atoms with E-state index in [9.17, 15) is 26.9 Å². The van der Waals surface area contributed by atoms with Crippen LogP contribution in [0.2, 0.25) is 0 Å². The number of hydrogen-bond acceptors (Lipinski definition) is 3. The lowest BCUT2D eigenvalue weighted by molar-refractivity contribution is -0.137. The van der Waals surface area contributed by atoms with Gasteiger partial charge in [0.15, 0.2) is 0 Å². The van der Waals surface area contributed by atoms with Crippen LogP contribution in [0.3, 0.4) is 0 Å². The number of aliphatic hydroxyl groups is 2. The summed E-state index contributed by atoms with van der Waals surface area (Å²) >= 11 is 0. The molecule has 118 valence electrons. The van der Waals surface area contributed by atoms with Gasteiger partial charge in [0.05, 0.1) is 17.1 Å². The van der Waals surface area contributed by atoms with E-state index in [1.54, 1.807) is 0 Å². The van der Waals surface area contributed by atoms with Crippen LogP contribution in [-0.4, -0.2) is 44.0 Å². The molecule has 1 fully saturated rings. The van der Waals surface area contributed by atoms with E-state index in [2.05, 4.69) is 0 Å². The lowest BCUT2D eigenvalue weighted by atomic mass is 10.1. The largest absolute Gasteiger partial charge is 0.416 e. The van der Waals surface area contributed by atoms with Crippen LogP contribution in [0.1, 0.15) is 12.0 Å². The van der Waals surface area contributed by atoms with Crippen LogP contribution in [0.15, 0.2) is 23.1 Å². The monoisotopic (exact) mass is 327 g/mol. The van der Waals surface area contributed by atoms with Crippen molar-refractivity contribution in [3.05, 3.63) is 29.6 Å². The number of alkyl halides is 3. The van der Waals surface area contributed by atoms with E-state index in [4.69, 9.17) is 5.11 Å². The van der Waals surface area contributed by atoms with Crippen molar-refractivity contribution < 1.29 is 32.0 Å². The quantitative estimate of drug-likeness (QED) is 0.823. The second-order valence-electron chi connectivity index (χ2n) is 4.89. The van der Waals surface area contributed by atoms with Crippen LogP contribution >= 0.6 is 0 Å². The van der Waals surface area contributed by atoms with Crippen molar-refractivity contribution in [3.63, 3.8) is 0 Å². The van der Waals surface area contributed by atoms with Gasteiger partial charge in [-0.15, -0.1) is 0 Å². The molecule has 1 saturated heterocycles. The van der Waals surface area contributed by atoms with E-state index in [-0.39, 0.29) is 24.4 Å². The summed E-state index contributed by atoms with van der Waals surface area (Å²) in [6.45, 7) is -0.531. The highest BCUT2D eigenvalue weighted by Gasteiger charge is 2.39. The minimum Gasteiger partial charge on any atom is -0.393 e. The molecule has 1 aliphatic heterocycles. The molecule has 0 bridgehead atoms. The first-order valence-electron chi connectivity index (χ1n) is 6.03. The lowest BCUT2D eigenvalue weighted by Gasteiger charge is -2.20. The van der Waals surface area contributed by atoms with Gasteiger partial charge in [-0.05, 0) is 24.6 Å². The molecule has 21 heavy (non-hydrogen) atoms. The molecule has 0 amide bonds. The van der Waals surface area contributed by atoms with Gasteiger partial charge in [0.2, 0.25) is 0 Å². The second-order valence-corrected chi connectivity index (χ2v) is 6.34. The summed E-state index contributed by atoms with van der Waals surface area (Å²) in [5.74, 6) is -1.22. The zero-order valence-corrected chi connectivity index (χ0v) is 11.5. The summed E-state index contributed by atoms with van der Waals surface area (Å²) in [5.41, 5.74) is -2.58. The van der Waals surface area contributed by atoms with Crippen molar-refractivity contribution in [2.24, 2.45) is 0 Å². The van der Waals surface area contributed by atoms with Gasteiger partial charge in [-0.25, -0.2) is 12.9 Å². The summed E-state index contributed by atoms with van der Waals surface area (Å²) in [6, 6.07) is 1.77. The Labute approximate surface area is 120 Å². The molecule has 1 aromatic carbocycles. The Morgan fingerprint density at radius 3 is 2.52 bits per heavy atom. The molecule has 0 spiro atoms. The van der Waals surface area contributed by atoms with Gasteiger partial charge in [-0.3, -0.25) is 0 Å². The molecule has 1 heterocycles. The molecule has 2 unspecified atom stereocenters. The van der Waals surface area contributed by atoms with Crippen LogP contribution < -0.4 is 0 Å². The average Bonchev–Trinajstić information content (AvgIpc) is 2.80. The fourth-order valence-electron chi connectivity index (χ4n) is 2.05. The Morgan fingerprint density at radius 1 is 1.38 bits per heavy atom. The highest BCUT2D eigenvalue weighted by molar-refractivity contribution is 7.82. The van der Waals surface area contributed by atoms with E-state index in [1.807, 2.05) is 0 Å². The molecule has 0 aliphatic carbocycles. The number of aliphatic hydroxyl groups excluding tert-OH is 1. The van der Waals surface area contributed by atoms with Crippen LogP contribution in [0.5, 0.6) is 0 Å². The van der Waals surface area contributed by atoms with E-state index < -0.39 is 40.8 Å². The SMILES string of the molecule is O=S(c1ccc(C(F)(F)F)cc1F)N1CCC(O)(CO)C1. The minimum atomic E-state index is -4.67. The summed E-state index contributed by atoms with van der Waals surface area (Å²) in [5, 5.41) is 18.8. The Bertz CT molecular complexity index is 566. The minimum absolute atomic E-state index is 0.142. The standard InChI is InChI=1S/C12H13F4NO3S/c13-9-5-8(12(14,15)16)1-2-10(9)21(20)17-4-3-11(19,6-17)7-18/h1-2,5,18-19H,3-4,6-7H2. The Balaban J connectivity index is 2.21. The molecule has 0 aromatic heterocycles. The highest BCUT2D eigenvalue weighted by atomic mass is 32.2. The van der Waals surface area contributed by atoms with Gasteiger partial charge in [0.25, 0.3) is 0 Å². The first-order valence-corrected chi connectivity index (χ1v) is 7.14. The third-order valence-electron chi connectivity index (χ3n) is 3.27. The van der Waals surface area contributed by atoms with Crippen molar-refractivity contribution in [1.82, 2.24) is 4.31 Å². The second kappa shape index (κ2) is 5.64. The third-order valence-corrected chi connectivity index (χ3v) is 4.76. The summed E-state index contributed by atoms with van der Waals surface area (Å²) in [4.78, 5) is -0.384. The van der Waals surface area contributed by atoms with Gasteiger partial charge in [0, 0.05) is 13.1 Å². The molecule has 1 aliphatic rings. The third kappa shape index (κ3) is 3.42. The molecule has 2 atom stereocenters. The average molecular weight is 327 g/mol. The first kappa shape index (κ1) is 16.3. The maximum Gasteiger partial charge on any atom is 0.416 e. The zero-order valence-electron chi connectivity index (χ0n) is 10.7. The molecule has 0 saturated carbocycles. The molecular formula is C12H13F4NO3S. The van der Waals surface area contributed by atoms with Gasteiger partial charge in [-0.2, -0.15) is 13.2 Å². The summed E-state index contributed by atoms with van der Waals surface area (Å²) in [6.07, 6.45) is -4.52. The number of hydrogen-bond donors (Lipinski definition) is 2. The molecule has 4 nitrogen and oxygen atoms in total. The highest BCUT2D eigenvalue weighted by Crippen LogP contribution is 2.32. The van der Waals surface area contributed by atoms with Crippen LogP contribution in [0.4, 0.5) is 17.6 Å². The van der Waals surface area contributed by atoms with Crippen molar-refractivity contribution in [2.45, 2.75) is 23.1 Å². The number of nitrogens with zero attached hydrogens (tertiary/aromatic N) is 1. The topological polar surface area (TPSA) is 60.8 Å². The van der Waals surface area contributed by atoms with Crippen molar-refractivity contribution >= 4 is 11.0 Å². The van der Waals surface area contributed by atoms with Gasteiger partial charge in [-0.1, -0.05) is 0 Å². The predicted molar refractivity (Wildman–Crippen MR) is 66.0 cm³/mol. The Morgan fingerprint density at radius 2 is 2.05 bits per heavy atom. The predicted octanol–water partition coefficient (Wildman–Crippen LogP) is 1.30. The smallest absolute Gasteiger partial charge is 0.393 e. The normalized spacial score (nSPS) is 25.2. The number of benzene rings is 1. The van der Waals surface area contributed by atoms with Crippen molar-refractivity contribution in [2.75, 3.05) is 19.7 Å². The zero-order chi connectivity index (χ0) is 15.8. The Hall–Kier alpha value is -1.03. The fraction of sp³-hybridized carbons (Fsp3) is 0.500. The van der Waals surface area contributed by atoms with E-state index in [0.29, 0.717) is 12.1 Å². The molecule has 1 aromatic rings. The van der Waals surface area contributed by atoms with Crippen LogP contribution in [0.25, 0.3) is 0 Å². The van der Waals surface area contributed by atoms with E-state index in [1.165, 1.54) is 4.31 Å². The molecule has 2 rings (SSSR count). The van der Waals surface area contributed by atoms with Crippen molar-refractivity contribution in [1.29, 1.82) is 0 Å². The first-order chi connectivity index (χ1) is 9.66. The number of halogens is 4. The molecular weight excluding hydrogens is 314 g/mol. The maximum absolute atomic E-state index is 13.7. The van der Waals surface area contributed by atoms with E-state index in [0.717, 1.165) is 6.07 Å². The molecule has 2 N–H and O–H groups in total. The fourth-order valence-corrected chi connectivity index (χ4v) is 3.35. The maximum atomic E-state index is 13.7. The van der Waals surface area contributed by atoms with Crippen LogP contribution in [-0.2, 0) is 17.2 Å². The molecule has 9 heteroatoms. The van der Waals surface area contributed by atoms with Gasteiger partial charge < -0.3 is 10.2 Å². The van der Waals surface area contributed by atoms with E-state index >= 15 is 0 Å². The summed E-state index contributed by atoms with van der Waals surface area (Å²) < 4.78 is 64.4. The Kier molecular flexibility index (Phi) is 4.39.